The van der Waals surface area contributed by atoms with E-state index < -0.39 is 0 Å². The van der Waals surface area contributed by atoms with Gasteiger partial charge in [0.05, 0.1) is 6.10 Å². The van der Waals surface area contributed by atoms with E-state index in [9.17, 15) is 0 Å². The van der Waals surface area contributed by atoms with Gasteiger partial charge in [-0.1, -0.05) is 13.8 Å². The third-order valence-corrected chi connectivity index (χ3v) is 9.37. The largest absolute Gasteiger partial charge is 0.384 e. The van der Waals surface area contributed by atoms with Crippen molar-refractivity contribution in [2.45, 2.75) is 77.7 Å². The topological polar surface area (TPSA) is 18.5 Å². The first-order chi connectivity index (χ1) is 11.5. The molecule has 2 heteroatoms. The second-order valence-electron chi connectivity index (χ2n) is 10.1. The van der Waals surface area contributed by atoms with Crippen LogP contribution in [0.5, 0.6) is 0 Å². The second kappa shape index (κ2) is 6.27. The lowest BCUT2D eigenvalue weighted by atomic mass is 9.44. The van der Waals surface area contributed by atoms with Crippen LogP contribution in [0.15, 0.2) is 0 Å². The summed E-state index contributed by atoms with van der Waals surface area (Å²) in [5.41, 5.74) is 1.08. The summed E-state index contributed by atoms with van der Waals surface area (Å²) in [5, 5.41) is 0. The molecule has 0 heterocycles. The van der Waals surface area contributed by atoms with Crippen molar-refractivity contribution in [3.8, 4) is 0 Å². The normalized spacial score (nSPS) is 54.0. The molecule has 0 amide bonds. The first-order valence-electron chi connectivity index (χ1n) is 10.5. The van der Waals surface area contributed by atoms with Crippen molar-refractivity contribution in [3.05, 3.63) is 0 Å². The zero-order valence-electron chi connectivity index (χ0n) is 16.4. The monoisotopic (exact) mass is 334 g/mol. The van der Waals surface area contributed by atoms with Crippen LogP contribution in [0, 0.1) is 40.4 Å². The maximum atomic E-state index is 5.92. The molecule has 0 radical (unpaired) electrons. The van der Waals surface area contributed by atoms with Gasteiger partial charge < -0.3 is 9.47 Å². The van der Waals surface area contributed by atoms with Crippen molar-refractivity contribution < 1.29 is 9.47 Å². The lowest BCUT2D eigenvalue weighted by Crippen LogP contribution is -2.54. The lowest BCUT2D eigenvalue weighted by molar-refractivity contribution is -0.133. The molecule has 0 unspecified atom stereocenters. The van der Waals surface area contributed by atoms with Crippen molar-refractivity contribution in [1.82, 2.24) is 0 Å². The predicted molar refractivity (Wildman–Crippen MR) is 97.9 cm³/mol. The van der Waals surface area contributed by atoms with Crippen molar-refractivity contribution >= 4 is 0 Å². The molecule has 0 aromatic rings. The summed E-state index contributed by atoms with van der Waals surface area (Å²) in [7, 11) is 3.82. The Labute approximate surface area is 149 Å². The summed E-state index contributed by atoms with van der Waals surface area (Å²) in [6.07, 6.45) is 13.3. The Morgan fingerprint density at radius 2 is 1.58 bits per heavy atom. The highest BCUT2D eigenvalue weighted by Gasteiger charge is 2.60. The van der Waals surface area contributed by atoms with Gasteiger partial charge in [-0.15, -0.1) is 0 Å². The molecular formula is C22H38O2. The Kier molecular flexibility index (Phi) is 4.53. The molecule has 0 aliphatic heterocycles. The molecule has 0 bridgehead atoms. The Morgan fingerprint density at radius 1 is 0.833 bits per heavy atom. The molecule has 0 aromatic heterocycles. The molecule has 138 valence electrons. The van der Waals surface area contributed by atoms with Crippen LogP contribution in [0.1, 0.15) is 71.6 Å². The minimum atomic E-state index is 0.465. The molecule has 0 spiro atoms. The van der Waals surface area contributed by atoms with Gasteiger partial charge in [0.2, 0.25) is 0 Å². The highest BCUT2D eigenvalue weighted by atomic mass is 16.5. The Morgan fingerprint density at radius 3 is 2.33 bits per heavy atom. The van der Waals surface area contributed by atoms with Crippen molar-refractivity contribution in [3.63, 3.8) is 0 Å². The standard InChI is InChI=1S/C22H38O2/c1-21-11-9-15(14-23-3)13-16(21)5-6-17-18-7-8-20(24-4)22(18,2)12-10-19(17)21/h15-20H,5-14H2,1-4H3/t15-,16+,17-,18-,19-,20-,21-,22-/m0/s1. The second-order valence-corrected chi connectivity index (χ2v) is 10.1. The highest BCUT2D eigenvalue weighted by molar-refractivity contribution is 5.09. The third-order valence-electron chi connectivity index (χ3n) is 9.37. The molecule has 8 atom stereocenters. The summed E-state index contributed by atoms with van der Waals surface area (Å²) in [6, 6.07) is 0. The van der Waals surface area contributed by atoms with Gasteiger partial charge in [0.1, 0.15) is 0 Å². The van der Waals surface area contributed by atoms with Crippen molar-refractivity contribution in [1.29, 1.82) is 0 Å². The summed E-state index contributed by atoms with van der Waals surface area (Å²) in [5.74, 6) is 4.66. The molecule has 4 aliphatic carbocycles. The number of hydrogen-bond donors (Lipinski definition) is 0. The fourth-order valence-corrected chi connectivity index (χ4v) is 8.07. The molecule has 0 N–H and O–H groups in total. The number of methoxy groups -OCH3 is 2. The zero-order valence-corrected chi connectivity index (χ0v) is 16.4. The lowest BCUT2D eigenvalue weighted by Gasteiger charge is -2.61. The number of ether oxygens (including phenoxy) is 2. The SMILES string of the molecule is COC[C@H]1CC[C@@]2(C)[C@H](CC[C@@H]3[C@@H]2CC[C@]2(C)[C@@H](OC)CC[C@@H]32)C1. The Bertz CT molecular complexity index is 463. The van der Waals surface area contributed by atoms with Gasteiger partial charge >= 0.3 is 0 Å². The van der Waals surface area contributed by atoms with Gasteiger partial charge in [0.25, 0.3) is 0 Å². The minimum Gasteiger partial charge on any atom is -0.384 e. The minimum absolute atomic E-state index is 0.465. The van der Waals surface area contributed by atoms with E-state index >= 15 is 0 Å². The highest BCUT2D eigenvalue weighted by Crippen LogP contribution is 2.66. The summed E-state index contributed by atoms with van der Waals surface area (Å²) in [6.45, 7) is 6.21. The quantitative estimate of drug-likeness (QED) is 0.696. The molecule has 0 aromatic carbocycles. The third kappa shape index (κ3) is 2.42. The maximum Gasteiger partial charge on any atom is 0.0627 e. The van der Waals surface area contributed by atoms with Gasteiger partial charge in [0.15, 0.2) is 0 Å². The van der Waals surface area contributed by atoms with E-state index in [-0.39, 0.29) is 0 Å². The smallest absolute Gasteiger partial charge is 0.0627 e. The van der Waals surface area contributed by atoms with Gasteiger partial charge in [-0.2, -0.15) is 0 Å². The molecule has 4 rings (SSSR count). The van der Waals surface area contributed by atoms with Crippen LogP contribution >= 0.6 is 0 Å². The fraction of sp³-hybridized carbons (Fsp3) is 1.00. The average molecular weight is 335 g/mol. The van der Waals surface area contributed by atoms with Crippen LogP contribution in [0.4, 0.5) is 0 Å². The van der Waals surface area contributed by atoms with Gasteiger partial charge in [-0.05, 0) is 98.2 Å². The Balaban J connectivity index is 1.54. The molecule has 24 heavy (non-hydrogen) atoms. The van der Waals surface area contributed by atoms with Gasteiger partial charge in [-0.3, -0.25) is 0 Å². The van der Waals surface area contributed by atoms with Crippen LogP contribution in [0.3, 0.4) is 0 Å². The number of hydrogen-bond acceptors (Lipinski definition) is 2. The molecule has 4 saturated carbocycles. The summed E-state index contributed by atoms with van der Waals surface area (Å²) < 4.78 is 11.4. The molecular weight excluding hydrogens is 296 g/mol. The van der Waals surface area contributed by atoms with Crippen LogP contribution in [0.25, 0.3) is 0 Å². The maximum absolute atomic E-state index is 5.92. The van der Waals surface area contributed by atoms with E-state index in [4.69, 9.17) is 9.47 Å². The van der Waals surface area contributed by atoms with Gasteiger partial charge in [0, 0.05) is 20.8 Å². The van der Waals surface area contributed by atoms with E-state index in [0.717, 1.165) is 36.2 Å². The van der Waals surface area contributed by atoms with E-state index in [1.165, 1.54) is 57.8 Å². The van der Waals surface area contributed by atoms with Crippen LogP contribution < -0.4 is 0 Å². The fourth-order valence-electron chi connectivity index (χ4n) is 8.07. The number of fused-ring (bicyclic) bond motifs is 5. The molecule has 4 fully saturated rings. The summed E-state index contributed by atoms with van der Waals surface area (Å²) in [4.78, 5) is 0. The van der Waals surface area contributed by atoms with Crippen LogP contribution in [-0.4, -0.2) is 26.9 Å². The van der Waals surface area contributed by atoms with E-state index in [2.05, 4.69) is 13.8 Å². The van der Waals surface area contributed by atoms with Gasteiger partial charge in [-0.25, -0.2) is 0 Å². The van der Waals surface area contributed by atoms with E-state index in [0.29, 0.717) is 16.9 Å². The summed E-state index contributed by atoms with van der Waals surface area (Å²) >= 11 is 0. The number of rotatable bonds is 3. The molecule has 4 aliphatic rings. The zero-order chi connectivity index (χ0) is 16.9. The van der Waals surface area contributed by atoms with Crippen molar-refractivity contribution in [2.75, 3.05) is 20.8 Å². The Hall–Kier alpha value is -0.0800. The first kappa shape index (κ1) is 17.3. The van der Waals surface area contributed by atoms with E-state index in [1.807, 2.05) is 14.2 Å². The van der Waals surface area contributed by atoms with Crippen molar-refractivity contribution in [2.24, 2.45) is 40.4 Å². The van der Waals surface area contributed by atoms with Crippen LogP contribution in [0.2, 0.25) is 0 Å². The predicted octanol–water partition coefficient (Wildman–Crippen LogP) is 5.31. The van der Waals surface area contributed by atoms with E-state index in [1.54, 1.807) is 0 Å². The first-order valence-corrected chi connectivity index (χ1v) is 10.5. The van der Waals surface area contributed by atoms with Crippen LogP contribution in [-0.2, 0) is 9.47 Å². The molecule has 0 saturated heterocycles. The average Bonchev–Trinajstić information content (AvgIpc) is 2.92. The molecule has 2 nitrogen and oxygen atoms in total.